The molecule has 0 spiro atoms. The highest BCUT2D eigenvalue weighted by Gasteiger charge is 2.18. The molecule has 0 aromatic carbocycles. The smallest absolute Gasteiger partial charge is 0.325 e. The van der Waals surface area contributed by atoms with Gasteiger partial charge in [0.05, 0.1) is 13.2 Å². The summed E-state index contributed by atoms with van der Waals surface area (Å²) in [5.41, 5.74) is 1.03. The van der Waals surface area contributed by atoms with Crippen molar-refractivity contribution in [3.05, 3.63) is 18.0 Å². The Morgan fingerprint density at radius 3 is 2.93 bits per heavy atom. The lowest BCUT2D eigenvalue weighted by atomic mass is 10.3. The summed E-state index contributed by atoms with van der Waals surface area (Å²) < 4.78 is 6.72. The Kier molecular flexibility index (Phi) is 4.30. The molecule has 0 fully saturated rings. The molecule has 1 N–H and O–H groups in total. The standard InChI is InChI=1S/C10H17N3O2/c1-4-15-10(14)9(11-3)7-13-8(2)5-6-12-13/h5-6,9,11H,4,7H2,1-3H3. The quantitative estimate of drug-likeness (QED) is 0.714. The van der Waals surface area contributed by atoms with Crippen molar-refractivity contribution in [2.75, 3.05) is 13.7 Å². The average molecular weight is 211 g/mol. The van der Waals surface area contributed by atoms with Gasteiger partial charge in [-0.05, 0) is 27.0 Å². The Hall–Kier alpha value is -1.36. The fraction of sp³-hybridized carbons (Fsp3) is 0.600. The van der Waals surface area contributed by atoms with Gasteiger partial charge in [0.25, 0.3) is 0 Å². The first-order valence-electron chi connectivity index (χ1n) is 5.01. The lowest BCUT2D eigenvalue weighted by Crippen LogP contribution is -2.39. The van der Waals surface area contributed by atoms with Crippen molar-refractivity contribution < 1.29 is 9.53 Å². The van der Waals surface area contributed by atoms with Gasteiger partial charge < -0.3 is 10.1 Å². The van der Waals surface area contributed by atoms with Crippen LogP contribution in [0.25, 0.3) is 0 Å². The normalized spacial score (nSPS) is 12.5. The van der Waals surface area contributed by atoms with Gasteiger partial charge in [0.1, 0.15) is 6.04 Å². The highest BCUT2D eigenvalue weighted by Crippen LogP contribution is 1.99. The fourth-order valence-corrected chi connectivity index (χ4v) is 1.29. The van der Waals surface area contributed by atoms with Crippen LogP contribution in [0.2, 0.25) is 0 Å². The first kappa shape index (κ1) is 11.7. The van der Waals surface area contributed by atoms with Gasteiger partial charge in [-0.3, -0.25) is 9.48 Å². The third-order valence-electron chi connectivity index (χ3n) is 2.20. The molecular formula is C10H17N3O2. The molecule has 0 radical (unpaired) electrons. The number of ether oxygens (including phenoxy) is 1. The van der Waals surface area contributed by atoms with Crippen molar-refractivity contribution in [2.24, 2.45) is 0 Å². The number of nitrogens with zero attached hydrogens (tertiary/aromatic N) is 2. The minimum atomic E-state index is -0.344. The van der Waals surface area contributed by atoms with E-state index in [1.54, 1.807) is 24.9 Å². The minimum absolute atomic E-state index is 0.241. The number of nitrogens with one attached hydrogen (secondary N) is 1. The highest BCUT2D eigenvalue weighted by molar-refractivity contribution is 5.75. The highest BCUT2D eigenvalue weighted by atomic mass is 16.5. The van der Waals surface area contributed by atoms with Gasteiger partial charge >= 0.3 is 5.97 Å². The number of hydrogen-bond acceptors (Lipinski definition) is 4. The molecule has 1 aromatic rings. The van der Waals surface area contributed by atoms with Gasteiger partial charge in [-0.15, -0.1) is 0 Å². The van der Waals surface area contributed by atoms with Crippen LogP contribution in [0, 0.1) is 6.92 Å². The van der Waals surface area contributed by atoms with Gasteiger partial charge in [0, 0.05) is 11.9 Å². The molecule has 1 atom stereocenters. The third-order valence-corrected chi connectivity index (χ3v) is 2.20. The number of carbonyl (C=O) groups is 1. The lowest BCUT2D eigenvalue weighted by Gasteiger charge is -2.15. The minimum Gasteiger partial charge on any atom is -0.465 e. The maximum atomic E-state index is 11.5. The second-order valence-electron chi connectivity index (χ2n) is 3.25. The van der Waals surface area contributed by atoms with Crippen LogP contribution in [0.15, 0.2) is 12.3 Å². The second kappa shape index (κ2) is 5.50. The van der Waals surface area contributed by atoms with Crippen LogP contribution in [0.4, 0.5) is 0 Å². The van der Waals surface area contributed by atoms with Crippen molar-refractivity contribution in [1.29, 1.82) is 0 Å². The maximum absolute atomic E-state index is 11.5. The molecule has 0 aliphatic carbocycles. The SMILES string of the molecule is CCOC(=O)C(Cn1nccc1C)NC. The molecule has 0 aliphatic heterocycles. The molecule has 15 heavy (non-hydrogen) atoms. The summed E-state index contributed by atoms with van der Waals surface area (Å²) >= 11 is 0. The summed E-state index contributed by atoms with van der Waals surface area (Å²) in [7, 11) is 1.74. The van der Waals surface area contributed by atoms with E-state index in [0.29, 0.717) is 13.2 Å². The molecular weight excluding hydrogens is 194 g/mol. The second-order valence-corrected chi connectivity index (χ2v) is 3.25. The van der Waals surface area contributed by atoms with E-state index in [0.717, 1.165) is 5.69 Å². The fourth-order valence-electron chi connectivity index (χ4n) is 1.29. The lowest BCUT2D eigenvalue weighted by molar-refractivity contribution is -0.145. The van der Waals surface area contributed by atoms with Crippen molar-refractivity contribution in [1.82, 2.24) is 15.1 Å². The molecule has 1 rings (SSSR count). The molecule has 0 saturated carbocycles. The summed E-state index contributed by atoms with van der Waals surface area (Å²) in [4.78, 5) is 11.5. The van der Waals surface area contributed by atoms with E-state index in [2.05, 4.69) is 10.4 Å². The predicted octanol–water partition coefficient (Wildman–Crippen LogP) is 0.343. The Morgan fingerprint density at radius 2 is 2.47 bits per heavy atom. The Balaban J connectivity index is 2.61. The maximum Gasteiger partial charge on any atom is 0.325 e. The zero-order valence-corrected chi connectivity index (χ0v) is 9.36. The van der Waals surface area contributed by atoms with Crippen LogP contribution < -0.4 is 5.32 Å². The zero-order valence-electron chi connectivity index (χ0n) is 9.36. The van der Waals surface area contributed by atoms with Gasteiger partial charge in [-0.1, -0.05) is 0 Å². The summed E-state index contributed by atoms with van der Waals surface area (Å²) in [6, 6.07) is 1.56. The number of likely N-dealkylation sites (N-methyl/N-ethyl adjacent to an activating group) is 1. The van der Waals surface area contributed by atoms with Crippen LogP contribution >= 0.6 is 0 Å². The third kappa shape index (κ3) is 3.06. The number of rotatable bonds is 5. The zero-order chi connectivity index (χ0) is 11.3. The van der Waals surface area contributed by atoms with Crippen LogP contribution in [-0.4, -0.2) is 35.4 Å². The number of esters is 1. The van der Waals surface area contributed by atoms with E-state index in [-0.39, 0.29) is 12.0 Å². The Bertz CT molecular complexity index is 322. The van der Waals surface area contributed by atoms with Gasteiger partial charge in [0.2, 0.25) is 0 Å². The predicted molar refractivity (Wildman–Crippen MR) is 56.4 cm³/mol. The van der Waals surface area contributed by atoms with E-state index in [4.69, 9.17) is 4.74 Å². The molecule has 0 bridgehead atoms. The molecule has 0 aliphatic rings. The van der Waals surface area contributed by atoms with Crippen molar-refractivity contribution in [2.45, 2.75) is 26.4 Å². The van der Waals surface area contributed by atoms with Crippen LogP contribution in [-0.2, 0) is 16.1 Å². The number of carbonyl (C=O) groups excluding carboxylic acids is 1. The first-order chi connectivity index (χ1) is 7.19. The molecule has 0 saturated heterocycles. The van der Waals surface area contributed by atoms with E-state index in [9.17, 15) is 4.79 Å². The summed E-state index contributed by atoms with van der Waals surface area (Å²) in [5, 5.41) is 7.03. The van der Waals surface area contributed by atoms with Crippen molar-refractivity contribution >= 4 is 5.97 Å². The van der Waals surface area contributed by atoms with E-state index in [1.165, 1.54) is 0 Å². The average Bonchev–Trinajstić information content (AvgIpc) is 2.61. The molecule has 1 unspecified atom stereocenters. The summed E-state index contributed by atoms with van der Waals surface area (Å²) in [6.07, 6.45) is 1.72. The first-order valence-corrected chi connectivity index (χ1v) is 5.01. The van der Waals surface area contributed by atoms with Gasteiger partial charge in [0.15, 0.2) is 0 Å². The molecule has 5 heteroatoms. The van der Waals surface area contributed by atoms with Gasteiger partial charge in [-0.25, -0.2) is 0 Å². The van der Waals surface area contributed by atoms with Crippen molar-refractivity contribution in [3.8, 4) is 0 Å². The van der Waals surface area contributed by atoms with Crippen LogP contribution in [0.5, 0.6) is 0 Å². The van der Waals surface area contributed by atoms with Gasteiger partial charge in [-0.2, -0.15) is 5.10 Å². The van der Waals surface area contributed by atoms with E-state index in [1.807, 2.05) is 13.0 Å². The largest absolute Gasteiger partial charge is 0.465 e. The number of aromatic nitrogens is 2. The molecule has 84 valence electrons. The molecule has 1 heterocycles. The topological polar surface area (TPSA) is 56.2 Å². The van der Waals surface area contributed by atoms with E-state index >= 15 is 0 Å². The van der Waals surface area contributed by atoms with E-state index < -0.39 is 0 Å². The Morgan fingerprint density at radius 1 is 1.73 bits per heavy atom. The summed E-state index contributed by atoms with van der Waals surface area (Å²) in [6.45, 7) is 4.64. The molecule has 0 amide bonds. The number of hydrogen-bond donors (Lipinski definition) is 1. The van der Waals surface area contributed by atoms with Crippen LogP contribution in [0.3, 0.4) is 0 Å². The van der Waals surface area contributed by atoms with Crippen LogP contribution in [0.1, 0.15) is 12.6 Å². The molecule has 1 aromatic heterocycles. The Labute approximate surface area is 89.4 Å². The van der Waals surface area contributed by atoms with Crippen molar-refractivity contribution in [3.63, 3.8) is 0 Å². The number of aryl methyl sites for hydroxylation is 1. The monoisotopic (exact) mass is 211 g/mol. The summed E-state index contributed by atoms with van der Waals surface area (Å²) in [5.74, 6) is -0.241. The molecule has 5 nitrogen and oxygen atoms in total.